The molecule has 1 rings (SSSR count). The van der Waals surface area contributed by atoms with Crippen LogP contribution in [0, 0.1) is 0 Å². The van der Waals surface area contributed by atoms with Gasteiger partial charge in [0.2, 0.25) is 0 Å². The molecule has 5 heteroatoms. The first kappa shape index (κ1) is 12.2. The van der Waals surface area contributed by atoms with Crippen molar-refractivity contribution >= 4 is 11.6 Å². The highest BCUT2D eigenvalue weighted by Crippen LogP contribution is 2.30. The molecule has 0 N–H and O–H groups in total. The molecule has 0 unspecified atom stereocenters. The lowest BCUT2D eigenvalue weighted by atomic mass is 10.1. The zero-order valence-corrected chi connectivity index (χ0v) is 8.82. The minimum absolute atomic E-state index is 0.0155. The number of hydrogen-bond acceptors (Lipinski definition) is 1. The number of ether oxygens (including phenoxy) is 1. The molecule has 84 valence electrons. The summed E-state index contributed by atoms with van der Waals surface area (Å²) in [5.74, 6) is -0.357. The number of benzene rings is 1. The van der Waals surface area contributed by atoms with Crippen LogP contribution in [0.1, 0.15) is 18.9 Å². The summed E-state index contributed by atoms with van der Waals surface area (Å²) in [6.07, 6.45) is -3.00. The largest absolute Gasteiger partial charge is 0.573 e. The molecule has 0 radical (unpaired) electrons. The molecule has 0 heterocycles. The third kappa shape index (κ3) is 4.00. The molecular weight excluding hydrogens is 229 g/mol. The molecule has 0 aliphatic rings. The second-order valence-corrected chi connectivity index (χ2v) is 3.47. The van der Waals surface area contributed by atoms with Crippen molar-refractivity contribution in [3.63, 3.8) is 0 Å². The first-order valence-corrected chi connectivity index (χ1v) is 4.84. The second-order valence-electron chi connectivity index (χ2n) is 3.06. The van der Waals surface area contributed by atoms with E-state index >= 15 is 0 Å². The van der Waals surface area contributed by atoms with Crippen LogP contribution in [0.3, 0.4) is 0 Å². The molecule has 0 aliphatic carbocycles. The molecule has 0 amide bonds. The van der Waals surface area contributed by atoms with Crippen molar-refractivity contribution in [3.8, 4) is 5.75 Å². The summed E-state index contributed by atoms with van der Waals surface area (Å²) in [5.41, 5.74) is 0.900. The molecule has 0 atom stereocenters. The normalized spacial score (nSPS) is 11.5. The van der Waals surface area contributed by atoms with Gasteiger partial charge in [0, 0.05) is 0 Å². The maximum atomic E-state index is 11.9. The van der Waals surface area contributed by atoms with E-state index < -0.39 is 6.36 Å². The Labute approximate surface area is 90.8 Å². The van der Waals surface area contributed by atoms with Gasteiger partial charge in [-0.05, 0) is 24.1 Å². The Kier molecular flexibility index (Phi) is 3.85. The van der Waals surface area contributed by atoms with Gasteiger partial charge in [0.15, 0.2) is 0 Å². The summed E-state index contributed by atoms with van der Waals surface area (Å²) in [6.45, 7) is 1.98. The maximum absolute atomic E-state index is 11.9. The topological polar surface area (TPSA) is 9.23 Å². The first-order valence-electron chi connectivity index (χ1n) is 4.46. The first-order chi connectivity index (χ1) is 6.92. The lowest BCUT2D eigenvalue weighted by Crippen LogP contribution is -2.17. The average Bonchev–Trinajstić information content (AvgIpc) is 2.08. The quantitative estimate of drug-likeness (QED) is 0.767. The molecule has 1 aromatic carbocycles. The minimum Gasteiger partial charge on any atom is -0.404 e. The SMILES string of the molecule is CCCc1ccc(OC(F)(F)F)c(Cl)c1. The highest BCUT2D eigenvalue weighted by molar-refractivity contribution is 6.32. The Bertz CT molecular complexity index is 336. The Hall–Kier alpha value is -0.900. The number of aryl methyl sites for hydroxylation is 1. The summed E-state index contributed by atoms with van der Waals surface area (Å²) in [6, 6.07) is 4.31. The molecule has 0 bridgehead atoms. The predicted molar refractivity (Wildman–Crippen MR) is 52.1 cm³/mol. The van der Waals surface area contributed by atoms with E-state index in [1.54, 1.807) is 6.07 Å². The maximum Gasteiger partial charge on any atom is 0.573 e. The van der Waals surface area contributed by atoms with Crippen LogP contribution in [0.4, 0.5) is 13.2 Å². The van der Waals surface area contributed by atoms with E-state index in [9.17, 15) is 13.2 Å². The lowest BCUT2D eigenvalue weighted by molar-refractivity contribution is -0.274. The molecule has 15 heavy (non-hydrogen) atoms. The monoisotopic (exact) mass is 238 g/mol. The molecule has 0 saturated heterocycles. The molecule has 0 fully saturated rings. The summed E-state index contributed by atoms with van der Waals surface area (Å²) >= 11 is 5.65. The number of alkyl halides is 3. The van der Waals surface area contributed by atoms with Crippen LogP contribution in [0.15, 0.2) is 18.2 Å². The zero-order chi connectivity index (χ0) is 11.5. The van der Waals surface area contributed by atoms with Crippen molar-refractivity contribution in [2.24, 2.45) is 0 Å². The third-order valence-electron chi connectivity index (χ3n) is 1.76. The van der Waals surface area contributed by atoms with Crippen molar-refractivity contribution in [2.45, 2.75) is 26.1 Å². The van der Waals surface area contributed by atoms with Crippen LogP contribution >= 0.6 is 11.6 Å². The Morgan fingerprint density at radius 1 is 1.33 bits per heavy atom. The van der Waals surface area contributed by atoms with E-state index in [2.05, 4.69) is 4.74 Å². The standard InChI is InChI=1S/C10H10ClF3O/c1-2-3-7-4-5-9(8(11)6-7)15-10(12,13)14/h4-6H,2-3H2,1H3. The summed E-state index contributed by atoms with van der Waals surface area (Å²) < 4.78 is 39.4. The van der Waals surface area contributed by atoms with E-state index in [1.807, 2.05) is 6.92 Å². The summed E-state index contributed by atoms with van der Waals surface area (Å²) in [5, 5.41) is -0.0155. The van der Waals surface area contributed by atoms with Gasteiger partial charge in [-0.25, -0.2) is 0 Å². The third-order valence-corrected chi connectivity index (χ3v) is 2.06. The van der Waals surface area contributed by atoms with Gasteiger partial charge in [0.05, 0.1) is 5.02 Å². The van der Waals surface area contributed by atoms with Crippen LogP contribution in [0.2, 0.25) is 5.02 Å². The fourth-order valence-corrected chi connectivity index (χ4v) is 1.44. The van der Waals surface area contributed by atoms with E-state index in [-0.39, 0.29) is 10.8 Å². The molecule has 1 nitrogen and oxygen atoms in total. The van der Waals surface area contributed by atoms with Gasteiger partial charge < -0.3 is 4.74 Å². The van der Waals surface area contributed by atoms with Crippen LogP contribution in [-0.2, 0) is 6.42 Å². The Morgan fingerprint density at radius 3 is 2.47 bits per heavy atom. The number of halogens is 4. The average molecular weight is 239 g/mol. The fraction of sp³-hybridized carbons (Fsp3) is 0.400. The van der Waals surface area contributed by atoms with Crippen molar-refractivity contribution in [3.05, 3.63) is 28.8 Å². The van der Waals surface area contributed by atoms with E-state index in [0.29, 0.717) is 0 Å². The van der Waals surface area contributed by atoms with Gasteiger partial charge in [0.25, 0.3) is 0 Å². The van der Waals surface area contributed by atoms with Crippen molar-refractivity contribution in [1.29, 1.82) is 0 Å². The van der Waals surface area contributed by atoms with Crippen molar-refractivity contribution in [1.82, 2.24) is 0 Å². The van der Waals surface area contributed by atoms with Crippen LogP contribution in [0.5, 0.6) is 5.75 Å². The Balaban J connectivity index is 2.84. The predicted octanol–water partition coefficient (Wildman–Crippen LogP) is 4.19. The molecule has 0 spiro atoms. The van der Waals surface area contributed by atoms with Gasteiger partial charge in [-0.2, -0.15) is 0 Å². The Morgan fingerprint density at radius 2 is 2.00 bits per heavy atom. The van der Waals surface area contributed by atoms with Gasteiger partial charge in [-0.3, -0.25) is 0 Å². The van der Waals surface area contributed by atoms with E-state index in [0.717, 1.165) is 18.4 Å². The van der Waals surface area contributed by atoms with Crippen LogP contribution in [-0.4, -0.2) is 6.36 Å². The molecular formula is C10H10ClF3O. The smallest absolute Gasteiger partial charge is 0.404 e. The van der Waals surface area contributed by atoms with Crippen LogP contribution in [0.25, 0.3) is 0 Å². The van der Waals surface area contributed by atoms with Crippen LogP contribution < -0.4 is 4.74 Å². The highest BCUT2D eigenvalue weighted by Gasteiger charge is 2.31. The molecule has 0 aliphatic heterocycles. The van der Waals surface area contributed by atoms with Crippen molar-refractivity contribution in [2.75, 3.05) is 0 Å². The molecule has 1 aromatic rings. The van der Waals surface area contributed by atoms with E-state index in [4.69, 9.17) is 11.6 Å². The highest BCUT2D eigenvalue weighted by atomic mass is 35.5. The van der Waals surface area contributed by atoms with Gasteiger partial charge in [0.1, 0.15) is 5.75 Å². The lowest BCUT2D eigenvalue weighted by Gasteiger charge is -2.11. The summed E-state index contributed by atoms with van der Waals surface area (Å²) in [4.78, 5) is 0. The second kappa shape index (κ2) is 4.75. The zero-order valence-electron chi connectivity index (χ0n) is 8.07. The van der Waals surface area contributed by atoms with Gasteiger partial charge >= 0.3 is 6.36 Å². The number of rotatable bonds is 3. The molecule has 0 saturated carbocycles. The minimum atomic E-state index is -4.70. The fourth-order valence-electron chi connectivity index (χ4n) is 1.20. The molecule has 0 aromatic heterocycles. The van der Waals surface area contributed by atoms with Crippen molar-refractivity contribution < 1.29 is 17.9 Å². The number of hydrogen-bond donors (Lipinski definition) is 0. The summed E-state index contributed by atoms with van der Waals surface area (Å²) in [7, 11) is 0. The van der Waals surface area contributed by atoms with E-state index in [1.165, 1.54) is 12.1 Å². The van der Waals surface area contributed by atoms with Gasteiger partial charge in [-0.15, -0.1) is 13.2 Å². The van der Waals surface area contributed by atoms with Gasteiger partial charge in [-0.1, -0.05) is 31.0 Å².